The fraction of sp³-hybridized carbons (Fsp3) is 0.278. The van der Waals surface area contributed by atoms with Gasteiger partial charge in [0.1, 0.15) is 6.61 Å². The van der Waals surface area contributed by atoms with Crippen molar-refractivity contribution in [1.82, 2.24) is 9.29 Å². The van der Waals surface area contributed by atoms with Crippen molar-refractivity contribution in [2.24, 2.45) is 7.05 Å². The van der Waals surface area contributed by atoms with Crippen LogP contribution in [0.15, 0.2) is 52.2 Å². The molecule has 144 valence electrons. The van der Waals surface area contributed by atoms with E-state index in [4.69, 9.17) is 9.47 Å². The number of sulfonamides is 1. The van der Waals surface area contributed by atoms with Gasteiger partial charge >= 0.3 is 4.87 Å². The molecule has 0 fully saturated rings. The summed E-state index contributed by atoms with van der Waals surface area (Å²) in [6.07, 6.45) is 0. The Morgan fingerprint density at radius 3 is 2.59 bits per heavy atom. The molecule has 1 aromatic heterocycles. The average Bonchev–Trinajstić information content (AvgIpc) is 2.93. The van der Waals surface area contributed by atoms with Crippen LogP contribution in [0.1, 0.15) is 6.92 Å². The zero-order valence-corrected chi connectivity index (χ0v) is 16.8. The summed E-state index contributed by atoms with van der Waals surface area (Å²) in [5.74, 6) is 1.12. The number of fused-ring (bicyclic) bond motifs is 1. The number of hydrogen-bond acceptors (Lipinski definition) is 6. The van der Waals surface area contributed by atoms with Crippen molar-refractivity contribution in [2.75, 3.05) is 13.7 Å². The minimum absolute atomic E-state index is 0.112. The molecule has 0 aliphatic heterocycles. The average molecular weight is 409 g/mol. The maximum atomic E-state index is 12.6. The summed E-state index contributed by atoms with van der Waals surface area (Å²) in [7, 11) is -0.539. The Balaban J connectivity index is 1.73. The molecule has 0 radical (unpaired) electrons. The molecule has 7 nitrogen and oxygen atoms in total. The third kappa shape index (κ3) is 4.15. The van der Waals surface area contributed by atoms with Crippen LogP contribution in [0, 0.1) is 0 Å². The second-order valence-corrected chi connectivity index (χ2v) is 8.75. The molecule has 9 heteroatoms. The van der Waals surface area contributed by atoms with E-state index in [0.29, 0.717) is 21.7 Å². The Labute approximate surface area is 161 Å². The number of para-hydroxylation sites is 2. The Bertz CT molecular complexity index is 1120. The fourth-order valence-corrected chi connectivity index (χ4v) is 4.85. The zero-order valence-electron chi connectivity index (χ0n) is 15.1. The lowest BCUT2D eigenvalue weighted by Crippen LogP contribution is -2.36. The van der Waals surface area contributed by atoms with E-state index in [1.165, 1.54) is 16.7 Å². The second-order valence-electron chi connectivity index (χ2n) is 6.04. The van der Waals surface area contributed by atoms with Crippen molar-refractivity contribution in [3.63, 3.8) is 0 Å². The molecule has 0 saturated heterocycles. The number of benzene rings is 2. The highest BCUT2D eigenvalue weighted by molar-refractivity contribution is 7.89. The van der Waals surface area contributed by atoms with Crippen molar-refractivity contribution in [2.45, 2.75) is 17.9 Å². The van der Waals surface area contributed by atoms with Gasteiger partial charge in [-0.05, 0) is 37.3 Å². The first-order chi connectivity index (χ1) is 12.8. The number of nitrogens with one attached hydrogen (secondary N) is 1. The van der Waals surface area contributed by atoms with Crippen molar-refractivity contribution in [3.05, 3.63) is 52.1 Å². The molecule has 1 N–H and O–H groups in total. The monoisotopic (exact) mass is 408 g/mol. The van der Waals surface area contributed by atoms with Crippen molar-refractivity contribution in [3.8, 4) is 11.5 Å². The van der Waals surface area contributed by atoms with Gasteiger partial charge in [-0.2, -0.15) is 0 Å². The van der Waals surface area contributed by atoms with Crippen LogP contribution in [0.25, 0.3) is 10.2 Å². The van der Waals surface area contributed by atoms with Crippen molar-refractivity contribution in [1.29, 1.82) is 0 Å². The van der Waals surface area contributed by atoms with Gasteiger partial charge in [0.15, 0.2) is 11.5 Å². The Kier molecular flexibility index (Phi) is 5.54. The minimum atomic E-state index is -3.74. The van der Waals surface area contributed by atoms with Crippen LogP contribution in [0.4, 0.5) is 0 Å². The Hall–Kier alpha value is -2.36. The largest absolute Gasteiger partial charge is 0.493 e. The molecule has 0 unspecified atom stereocenters. The fourth-order valence-electron chi connectivity index (χ4n) is 2.60. The lowest BCUT2D eigenvalue weighted by molar-refractivity contribution is 0.271. The van der Waals surface area contributed by atoms with Crippen LogP contribution < -0.4 is 19.1 Å². The molecule has 0 amide bonds. The lowest BCUT2D eigenvalue weighted by atomic mass is 10.3. The van der Waals surface area contributed by atoms with Crippen molar-refractivity contribution >= 4 is 31.6 Å². The molecule has 0 bridgehead atoms. The SMILES string of the molecule is COc1ccccc1OC[C@H](C)NS(=O)(=O)c1ccc2c(c1)sc(=O)n2C. The quantitative estimate of drug-likeness (QED) is 0.649. The van der Waals surface area contributed by atoms with Crippen molar-refractivity contribution < 1.29 is 17.9 Å². The molecular formula is C18H20N2O5S2. The van der Waals surface area contributed by atoms with E-state index < -0.39 is 16.1 Å². The number of methoxy groups -OCH3 is 1. The van der Waals surface area contributed by atoms with Crippen LogP contribution in [0.3, 0.4) is 0 Å². The lowest BCUT2D eigenvalue weighted by Gasteiger charge is -2.16. The maximum Gasteiger partial charge on any atom is 0.307 e. The molecule has 3 rings (SSSR count). The molecule has 1 atom stereocenters. The highest BCUT2D eigenvalue weighted by Gasteiger charge is 2.19. The molecule has 0 aliphatic carbocycles. The summed E-state index contributed by atoms with van der Waals surface area (Å²) in [4.78, 5) is 11.7. The standard InChI is InChI=1S/C18H20N2O5S2/c1-12(11-25-16-7-5-4-6-15(16)24-3)19-27(22,23)13-8-9-14-17(10-13)26-18(21)20(14)2/h4-10,12,19H,11H2,1-3H3/t12-/m0/s1. The highest BCUT2D eigenvalue weighted by atomic mass is 32.2. The van der Waals surface area contributed by atoms with Gasteiger partial charge in [0.25, 0.3) is 0 Å². The summed E-state index contributed by atoms with van der Waals surface area (Å²) in [5, 5.41) is 0. The first-order valence-corrected chi connectivity index (χ1v) is 10.5. The van der Waals surface area contributed by atoms with Crippen LogP contribution in [0.5, 0.6) is 11.5 Å². The number of thiazole rings is 1. The molecular weight excluding hydrogens is 388 g/mol. The summed E-state index contributed by atoms with van der Waals surface area (Å²) >= 11 is 1.02. The smallest absolute Gasteiger partial charge is 0.307 e. The number of aryl methyl sites for hydroxylation is 1. The predicted molar refractivity (Wildman–Crippen MR) is 105 cm³/mol. The third-order valence-electron chi connectivity index (χ3n) is 3.99. The summed E-state index contributed by atoms with van der Waals surface area (Å²) < 4.78 is 40.9. The third-order valence-corrected chi connectivity index (χ3v) is 6.57. The molecule has 1 heterocycles. The van der Waals surface area contributed by atoms with E-state index in [1.807, 2.05) is 12.1 Å². The molecule has 0 saturated carbocycles. The van der Waals surface area contributed by atoms with Crippen LogP contribution in [0.2, 0.25) is 0 Å². The van der Waals surface area contributed by atoms with Crippen LogP contribution >= 0.6 is 11.3 Å². The second kappa shape index (κ2) is 7.71. The normalized spacial score (nSPS) is 12.9. The van der Waals surface area contributed by atoms with Crippen LogP contribution in [-0.4, -0.2) is 32.7 Å². The van der Waals surface area contributed by atoms with Gasteiger partial charge in [0, 0.05) is 7.05 Å². The van der Waals surface area contributed by atoms with E-state index in [-0.39, 0.29) is 16.4 Å². The van der Waals surface area contributed by atoms with Gasteiger partial charge < -0.3 is 14.0 Å². The number of rotatable bonds is 7. The van der Waals surface area contributed by atoms with Gasteiger partial charge in [0.2, 0.25) is 10.0 Å². The Morgan fingerprint density at radius 1 is 1.19 bits per heavy atom. The maximum absolute atomic E-state index is 12.6. The first kappa shape index (κ1) is 19.4. The predicted octanol–water partition coefficient (Wildman–Crippen LogP) is 2.35. The van der Waals surface area contributed by atoms with Gasteiger partial charge in [-0.15, -0.1) is 0 Å². The van der Waals surface area contributed by atoms with Gasteiger partial charge in [-0.25, -0.2) is 13.1 Å². The zero-order chi connectivity index (χ0) is 19.6. The molecule has 2 aromatic carbocycles. The summed E-state index contributed by atoms with van der Waals surface area (Å²) in [6.45, 7) is 1.85. The Morgan fingerprint density at radius 2 is 1.89 bits per heavy atom. The van der Waals surface area contributed by atoms with E-state index in [9.17, 15) is 13.2 Å². The molecule has 0 aliphatic rings. The topological polar surface area (TPSA) is 86.6 Å². The molecule has 0 spiro atoms. The minimum Gasteiger partial charge on any atom is -0.493 e. The van der Waals surface area contributed by atoms with E-state index in [1.54, 1.807) is 39.3 Å². The highest BCUT2D eigenvalue weighted by Crippen LogP contribution is 2.26. The van der Waals surface area contributed by atoms with Crippen LogP contribution in [-0.2, 0) is 17.1 Å². The molecule has 27 heavy (non-hydrogen) atoms. The van der Waals surface area contributed by atoms with E-state index >= 15 is 0 Å². The summed E-state index contributed by atoms with van der Waals surface area (Å²) in [6, 6.07) is 11.3. The van der Waals surface area contributed by atoms with E-state index in [2.05, 4.69) is 4.72 Å². The molecule has 3 aromatic rings. The number of nitrogens with zero attached hydrogens (tertiary/aromatic N) is 1. The first-order valence-electron chi connectivity index (χ1n) is 8.19. The summed E-state index contributed by atoms with van der Waals surface area (Å²) in [5.41, 5.74) is 0.705. The van der Waals surface area contributed by atoms with E-state index in [0.717, 1.165) is 11.3 Å². The van der Waals surface area contributed by atoms with Gasteiger partial charge in [0.05, 0.1) is 28.3 Å². The number of ether oxygens (including phenoxy) is 2. The number of hydrogen-bond donors (Lipinski definition) is 1. The number of aromatic nitrogens is 1. The van der Waals surface area contributed by atoms with Gasteiger partial charge in [-0.1, -0.05) is 23.5 Å². The van der Waals surface area contributed by atoms with Gasteiger partial charge in [-0.3, -0.25) is 4.79 Å².